The zero-order chi connectivity index (χ0) is 10.1. The molecule has 0 saturated carbocycles. The van der Waals surface area contributed by atoms with Gasteiger partial charge in [0.05, 0.1) is 6.04 Å². The topological polar surface area (TPSA) is 44.5 Å². The Bertz CT molecular complexity index is 122. The maximum Gasteiger partial charge on any atom is 0.172 e. The van der Waals surface area contributed by atoms with Gasteiger partial charge in [-0.15, -0.1) is 6.58 Å². The van der Waals surface area contributed by atoms with Crippen molar-refractivity contribution in [1.82, 2.24) is 0 Å². The highest BCUT2D eigenvalue weighted by molar-refractivity contribution is 4.73. The summed E-state index contributed by atoms with van der Waals surface area (Å²) in [6.07, 6.45) is 3.34. The lowest BCUT2D eigenvalue weighted by molar-refractivity contribution is -0.148. The molecule has 0 saturated heterocycles. The number of hydrogen-bond donors (Lipinski definition) is 1. The Hall–Kier alpha value is -0.380. The van der Waals surface area contributed by atoms with E-state index in [0.717, 1.165) is 12.8 Å². The molecule has 0 aromatic heterocycles. The fourth-order valence-corrected chi connectivity index (χ4v) is 1.07. The van der Waals surface area contributed by atoms with Crippen LogP contribution in [0.5, 0.6) is 0 Å². The first-order chi connectivity index (χ1) is 6.26. The van der Waals surface area contributed by atoms with Gasteiger partial charge in [-0.3, -0.25) is 0 Å². The second-order valence-electron chi connectivity index (χ2n) is 2.81. The zero-order valence-corrected chi connectivity index (χ0v) is 8.66. The predicted molar refractivity (Wildman–Crippen MR) is 54.4 cm³/mol. The smallest absolute Gasteiger partial charge is 0.172 e. The first-order valence-corrected chi connectivity index (χ1v) is 4.85. The van der Waals surface area contributed by atoms with Gasteiger partial charge in [0.2, 0.25) is 0 Å². The van der Waals surface area contributed by atoms with Crippen LogP contribution in [0.4, 0.5) is 0 Å². The number of nitrogens with two attached hydrogens (primary N) is 1. The van der Waals surface area contributed by atoms with Gasteiger partial charge in [-0.1, -0.05) is 6.08 Å². The maximum absolute atomic E-state index is 5.88. The van der Waals surface area contributed by atoms with Crippen LogP contribution in [-0.2, 0) is 9.47 Å². The molecule has 0 bridgehead atoms. The fraction of sp³-hybridized carbons (Fsp3) is 0.800. The van der Waals surface area contributed by atoms with Gasteiger partial charge in [-0.25, -0.2) is 0 Å². The summed E-state index contributed by atoms with van der Waals surface area (Å²) in [6.45, 7) is 8.78. The van der Waals surface area contributed by atoms with Crippen LogP contribution in [-0.4, -0.2) is 25.5 Å². The lowest BCUT2D eigenvalue weighted by atomic mass is 10.1. The molecule has 0 aromatic rings. The van der Waals surface area contributed by atoms with E-state index >= 15 is 0 Å². The van der Waals surface area contributed by atoms with Gasteiger partial charge in [0.15, 0.2) is 6.29 Å². The Morgan fingerprint density at radius 1 is 1.31 bits per heavy atom. The third-order valence-electron chi connectivity index (χ3n) is 1.72. The average molecular weight is 187 g/mol. The molecule has 2 N–H and O–H groups in total. The van der Waals surface area contributed by atoms with Gasteiger partial charge >= 0.3 is 0 Å². The lowest BCUT2D eigenvalue weighted by Crippen LogP contribution is -2.38. The molecule has 13 heavy (non-hydrogen) atoms. The Balaban J connectivity index is 3.78. The molecule has 3 heteroatoms. The average Bonchev–Trinajstić information content (AvgIpc) is 2.14. The van der Waals surface area contributed by atoms with Gasteiger partial charge in [-0.05, 0) is 26.7 Å². The highest BCUT2D eigenvalue weighted by Gasteiger charge is 2.16. The van der Waals surface area contributed by atoms with Crippen molar-refractivity contribution in [3.63, 3.8) is 0 Å². The Kier molecular flexibility index (Phi) is 7.99. The van der Waals surface area contributed by atoms with Crippen molar-refractivity contribution in [1.29, 1.82) is 0 Å². The number of rotatable bonds is 8. The van der Waals surface area contributed by atoms with Crippen LogP contribution >= 0.6 is 0 Å². The van der Waals surface area contributed by atoms with E-state index in [2.05, 4.69) is 6.58 Å². The summed E-state index contributed by atoms with van der Waals surface area (Å²) in [6, 6.07) is -0.0575. The maximum atomic E-state index is 5.88. The van der Waals surface area contributed by atoms with E-state index in [-0.39, 0.29) is 12.3 Å². The summed E-state index contributed by atoms with van der Waals surface area (Å²) in [5, 5.41) is 0. The Labute approximate surface area is 80.9 Å². The Morgan fingerprint density at radius 2 is 1.85 bits per heavy atom. The monoisotopic (exact) mass is 187 g/mol. The third-order valence-corrected chi connectivity index (χ3v) is 1.72. The summed E-state index contributed by atoms with van der Waals surface area (Å²) < 4.78 is 10.7. The molecule has 0 spiro atoms. The molecule has 1 atom stereocenters. The normalized spacial score (nSPS) is 13.2. The van der Waals surface area contributed by atoms with Gasteiger partial charge in [0, 0.05) is 13.2 Å². The molecular formula is C10H21NO2. The predicted octanol–water partition coefficient (Wildman–Crippen LogP) is 1.68. The van der Waals surface area contributed by atoms with Crippen LogP contribution in [0.2, 0.25) is 0 Å². The SMILES string of the molecule is C=CCCC(N)C(OCC)OCC. The van der Waals surface area contributed by atoms with E-state index in [4.69, 9.17) is 15.2 Å². The first-order valence-electron chi connectivity index (χ1n) is 4.85. The van der Waals surface area contributed by atoms with Crippen LogP contribution in [0.25, 0.3) is 0 Å². The second-order valence-corrected chi connectivity index (χ2v) is 2.81. The standard InChI is InChI=1S/C10H21NO2/c1-4-7-8-9(11)10(12-5-2)13-6-3/h4,9-10H,1,5-8,11H2,2-3H3. The number of allylic oxidation sites excluding steroid dienone is 1. The van der Waals surface area contributed by atoms with Crippen molar-refractivity contribution in [3.8, 4) is 0 Å². The second kappa shape index (κ2) is 8.23. The molecule has 0 heterocycles. The summed E-state index contributed by atoms with van der Waals surface area (Å²) in [7, 11) is 0. The molecular weight excluding hydrogens is 166 g/mol. The lowest BCUT2D eigenvalue weighted by Gasteiger charge is -2.22. The van der Waals surface area contributed by atoms with Crippen molar-refractivity contribution < 1.29 is 9.47 Å². The molecule has 0 aliphatic heterocycles. The van der Waals surface area contributed by atoms with Crippen LogP contribution < -0.4 is 5.73 Å². The number of hydrogen-bond acceptors (Lipinski definition) is 3. The molecule has 0 aromatic carbocycles. The van der Waals surface area contributed by atoms with E-state index in [1.807, 2.05) is 19.9 Å². The zero-order valence-electron chi connectivity index (χ0n) is 8.66. The van der Waals surface area contributed by atoms with E-state index < -0.39 is 0 Å². The summed E-state index contributed by atoms with van der Waals surface area (Å²) >= 11 is 0. The van der Waals surface area contributed by atoms with Crippen molar-refractivity contribution in [2.45, 2.75) is 39.0 Å². The van der Waals surface area contributed by atoms with Gasteiger partial charge in [0.25, 0.3) is 0 Å². The quantitative estimate of drug-likeness (QED) is 0.464. The minimum Gasteiger partial charge on any atom is -0.351 e. The van der Waals surface area contributed by atoms with Crippen molar-refractivity contribution >= 4 is 0 Å². The van der Waals surface area contributed by atoms with E-state index in [1.54, 1.807) is 0 Å². The van der Waals surface area contributed by atoms with Crippen LogP contribution in [0, 0.1) is 0 Å². The molecule has 1 unspecified atom stereocenters. The highest BCUT2D eigenvalue weighted by Crippen LogP contribution is 2.06. The third kappa shape index (κ3) is 5.80. The minimum atomic E-state index is -0.269. The van der Waals surface area contributed by atoms with Crippen LogP contribution in [0.15, 0.2) is 12.7 Å². The van der Waals surface area contributed by atoms with Crippen LogP contribution in [0.3, 0.4) is 0 Å². The van der Waals surface area contributed by atoms with E-state index in [0.29, 0.717) is 13.2 Å². The molecule has 0 amide bonds. The Morgan fingerprint density at radius 3 is 2.23 bits per heavy atom. The molecule has 0 aliphatic carbocycles. The molecule has 3 nitrogen and oxygen atoms in total. The molecule has 0 rings (SSSR count). The summed E-state index contributed by atoms with van der Waals surface area (Å²) in [5.41, 5.74) is 5.88. The van der Waals surface area contributed by atoms with Gasteiger partial charge in [0.1, 0.15) is 0 Å². The van der Waals surface area contributed by atoms with Gasteiger partial charge in [-0.2, -0.15) is 0 Å². The first kappa shape index (κ1) is 12.6. The highest BCUT2D eigenvalue weighted by atomic mass is 16.7. The summed E-state index contributed by atoms with van der Waals surface area (Å²) in [5.74, 6) is 0. The summed E-state index contributed by atoms with van der Waals surface area (Å²) in [4.78, 5) is 0. The molecule has 0 aliphatic rings. The van der Waals surface area contributed by atoms with Gasteiger partial charge < -0.3 is 15.2 Å². The van der Waals surface area contributed by atoms with Crippen molar-refractivity contribution in [3.05, 3.63) is 12.7 Å². The van der Waals surface area contributed by atoms with E-state index in [1.165, 1.54) is 0 Å². The molecule has 78 valence electrons. The number of ether oxygens (including phenoxy) is 2. The molecule has 0 fully saturated rings. The van der Waals surface area contributed by atoms with E-state index in [9.17, 15) is 0 Å². The largest absolute Gasteiger partial charge is 0.351 e. The van der Waals surface area contributed by atoms with Crippen LogP contribution in [0.1, 0.15) is 26.7 Å². The van der Waals surface area contributed by atoms with Crippen molar-refractivity contribution in [2.24, 2.45) is 5.73 Å². The molecule has 0 radical (unpaired) electrons. The van der Waals surface area contributed by atoms with Crippen molar-refractivity contribution in [2.75, 3.05) is 13.2 Å². The minimum absolute atomic E-state index is 0.0575. The fourth-order valence-electron chi connectivity index (χ4n) is 1.07.